The van der Waals surface area contributed by atoms with Crippen LogP contribution < -0.4 is 4.74 Å². The van der Waals surface area contributed by atoms with E-state index in [1.54, 1.807) is 24.3 Å². The lowest BCUT2D eigenvalue weighted by Gasteiger charge is -2.22. The molecule has 144 valence electrons. The van der Waals surface area contributed by atoms with E-state index >= 15 is 0 Å². The van der Waals surface area contributed by atoms with E-state index in [4.69, 9.17) is 27.9 Å². The minimum absolute atomic E-state index is 0.000878. The van der Waals surface area contributed by atoms with Gasteiger partial charge >= 0.3 is 5.97 Å². The third-order valence-corrected chi connectivity index (χ3v) is 5.90. The number of carboxylic acid groups (broad SMARTS) is 1. The molecule has 1 aliphatic rings. The van der Waals surface area contributed by atoms with Gasteiger partial charge in [-0.05, 0) is 41.3 Å². The summed E-state index contributed by atoms with van der Waals surface area (Å²) in [4.78, 5) is 12.3. The molecule has 0 spiro atoms. The van der Waals surface area contributed by atoms with E-state index in [1.165, 1.54) is 6.08 Å². The minimum Gasteiger partial charge on any atom is -0.481 e. The van der Waals surface area contributed by atoms with Crippen molar-refractivity contribution in [1.29, 1.82) is 5.26 Å². The van der Waals surface area contributed by atoms with Crippen molar-refractivity contribution in [1.82, 2.24) is 0 Å². The molecule has 4 nitrogen and oxygen atoms in total. The topological polar surface area (TPSA) is 70.3 Å². The first kappa shape index (κ1) is 20.3. The molecular formula is C22H19Cl2NO3. The number of hydrogen-bond acceptors (Lipinski definition) is 3. The number of hydrogen-bond donors (Lipinski definition) is 1. The second-order valence-corrected chi connectivity index (χ2v) is 8.39. The van der Waals surface area contributed by atoms with E-state index in [0.29, 0.717) is 17.1 Å². The highest BCUT2D eigenvalue weighted by Gasteiger charge is 2.78. The molecule has 1 fully saturated rings. The lowest BCUT2D eigenvalue weighted by atomic mass is 9.78. The number of carbonyl (C=O) groups is 1. The second-order valence-electron chi connectivity index (χ2n) is 7.38. The summed E-state index contributed by atoms with van der Waals surface area (Å²) in [7, 11) is 0. The minimum atomic E-state index is -1.33. The van der Waals surface area contributed by atoms with Crippen LogP contribution >= 0.6 is 23.2 Å². The summed E-state index contributed by atoms with van der Waals surface area (Å²) in [5.74, 6) is -1.22. The number of allylic oxidation sites excluding steroid dienone is 1. The normalized spacial score (nSPS) is 23.2. The zero-order valence-electron chi connectivity index (χ0n) is 15.4. The fraction of sp³-hybridized carbons (Fsp3) is 0.273. The van der Waals surface area contributed by atoms with Crippen LogP contribution in [-0.4, -0.2) is 11.1 Å². The van der Waals surface area contributed by atoms with Gasteiger partial charge in [-0.15, -0.1) is 0 Å². The number of nitriles is 1. The Morgan fingerprint density at radius 1 is 1.18 bits per heavy atom. The predicted molar refractivity (Wildman–Crippen MR) is 108 cm³/mol. The highest BCUT2D eigenvalue weighted by molar-refractivity contribution is 6.55. The zero-order chi connectivity index (χ0) is 20.5. The molecule has 0 saturated heterocycles. The number of carboxylic acids is 1. The lowest BCUT2D eigenvalue weighted by molar-refractivity contribution is -0.145. The zero-order valence-corrected chi connectivity index (χ0v) is 16.9. The van der Waals surface area contributed by atoms with Crippen LogP contribution in [0.5, 0.6) is 11.5 Å². The molecule has 0 amide bonds. The largest absolute Gasteiger partial charge is 0.481 e. The van der Waals surface area contributed by atoms with E-state index in [9.17, 15) is 15.2 Å². The smallest absolute Gasteiger partial charge is 0.312 e. The van der Waals surface area contributed by atoms with E-state index in [-0.39, 0.29) is 4.49 Å². The Hall–Kier alpha value is -2.48. The van der Waals surface area contributed by atoms with Crippen LogP contribution in [0.4, 0.5) is 0 Å². The first-order chi connectivity index (χ1) is 13.2. The highest BCUT2D eigenvalue weighted by Crippen LogP contribution is 2.75. The van der Waals surface area contributed by atoms with Gasteiger partial charge in [-0.2, -0.15) is 5.26 Å². The van der Waals surface area contributed by atoms with Gasteiger partial charge in [0.05, 0.1) is 12.0 Å². The molecule has 0 aromatic heterocycles. The van der Waals surface area contributed by atoms with E-state index in [1.807, 2.05) is 44.2 Å². The number of rotatable bonds is 6. The fourth-order valence-electron chi connectivity index (χ4n) is 4.21. The van der Waals surface area contributed by atoms with E-state index < -0.39 is 28.6 Å². The standard InChI is InChI=1S/C22H19Cl2NO3/c1-21(2)18(12-19(23)24)22(21,20(26)27)17(13-25)14-7-6-10-16(11-14)28-15-8-4-3-5-9-15/h3-12,17-18H,1-2H3,(H,26,27)/t17?,18-,22?/m0/s1. The summed E-state index contributed by atoms with van der Waals surface area (Å²) in [6.45, 7) is 3.63. The molecule has 1 N–H and O–H groups in total. The highest BCUT2D eigenvalue weighted by atomic mass is 35.5. The molecule has 28 heavy (non-hydrogen) atoms. The van der Waals surface area contributed by atoms with E-state index in [2.05, 4.69) is 6.07 Å². The molecule has 0 radical (unpaired) electrons. The summed E-state index contributed by atoms with van der Waals surface area (Å²) in [5.41, 5.74) is -1.44. The van der Waals surface area contributed by atoms with Crippen LogP contribution in [-0.2, 0) is 4.79 Å². The number of benzene rings is 2. The number of aliphatic carboxylic acids is 1. The summed E-state index contributed by atoms with van der Waals surface area (Å²) in [6, 6.07) is 18.4. The van der Waals surface area contributed by atoms with Gasteiger partial charge in [0.25, 0.3) is 0 Å². The lowest BCUT2D eigenvalue weighted by Crippen LogP contribution is -2.28. The molecule has 0 heterocycles. The van der Waals surface area contributed by atoms with Gasteiger partial charge in [0.2, 0.25) is 0 Å². The Morgan fingerprint density at radius 2 is 1.82 bits per heavy atom. The maximum atomic E-state index is 12.3. The Balaban J connectivity index is 2.01. The molecule has 2 aromatic carbocycles. The average molecular weight is 416 g/mol. The van der Waals surface area contributed by atoms with Crippen LogP contribution in [0.15, 0.2) is 65.2 Å². The van der Waals surface area contributed by atoms with Gasteiger partial charge in [-0.3, -0.25) is 4.79 Å². The quantitative estimate of drug-likeness (QED) is 0.615. The van der Waals surface area contributed by atoms with Crippen molar-refractivity contribution in [2.24, 2.45) is 16.7 Å². The van der Waals surface area contributed by atoms with Crippen molar-refractivity contribution in [3.8, 4) is 17.6 Å². The molecule has 1 saturated carbocycles. The van der Waals surface area contributed by atoms with Gasteiger partial charge in [-0.1, -0.05) is 67.4 Å². The van der Waals surface area contributed by atoms with Crippen molar-refractivity contribution < 1.29 is 14.6 Å². The molecule has 1 aliphatic carbocycles. The second kappa shape index (κ2) is 7.50. The maximum absolute atomic E-state index is 12.3. The molecule has 3 rings (SSSR count). The van der Waals surface area contributed by atoms with E-state index in [0.717, 1.165) is 0 Å². The predicted octanol–water partition coefficient (Wildman–Crippen LogP) is 6.13. The third-order valence-electron chi connectivity index (χ3n) is 5.65. The van der Waals surface area contributed by atoms with Crippen LogP contribution in [0.1, 0.15) is 25.3 Å². The van der Waals surface area contributed by atoms with Crippen molar-refractivity contribution in [2.75, 3.05) is 0 Å². The van der Waals surface area contributed by atoms with Crippen molar-refractivity contribution >= 4 is 29.2 Å². The molecule has 3 atom stereocenters. The van der Waals surface area contributed by atoms with Crippen molar-refractivity contribution in [3.05, 3.63) is 70.7 Å². The maximum Gasteiger partial charge on any atom is 0.312 e. The van der Waals surface area contributed by atoms with Gasteiger partial charge in [0.1, 0.15) is 21.4 Å². The molecule has 6 heteroatoms. The molecule has 0 aliphatic heterocycles. The monoisotopic (exact) mass is 415 g/mol. The van der Waals surface area contributed by atoms with Gasteiger partial charge in [-0.25, -0.2) is 0 Å². The third kappa shape index (κ3) is 3.26. The van der Waals surface area contributed by atoms with Crippen LogP contribution in [0, 0.1) is 28.1 Å². The Kier molecular flexibility index (Phi) is 5.43. The molecule has 2 aromatic rings. The van der Waals surface area contributed by atoms with Crippen molar-refractivity contribution in [2.45, 2.75) is 19.8 Å². The first-order valence-corrected chi connectivity index (χ1v) is 9.49. The number of halogens is 2. The summed E-state index contributed by atoms with van der Waals surface area (Å²) in [5, 5.41) is 20.0. The van der Waals surface area contributed by atoms with Crippen LogP contribution in [0.25, 0.3) is 0 Å². The molecule has 0 bridgehead atoms. The summed E-state index contributed by atoms with van der Waals surface area (Å²) < 4.78 is 5.84. The SMILES string of the molecule is CC1(C)[C@H](C=C(Cl)Cl)C1(C(=O)O)C(C#N)c1cccc(Oc2ccccc2)c1. The summed E-state index contributed by atoms with van der Waals surface area (Å²) in [6.07, 6.45) is 1.52. The first-order valence-electron chi connectivity index (χ1n) is 8.73. The van der Waals surface area contributed by atoms with Gasteiger partial charge < -0.3 is 9.84 Å². The fourth-order valence-corrected chi connectivity index (χ4v) is 4.46. The number of ether oxygens (including phenoxy) is 1. The summed E-state index contributed by atoms with van der Waals surface area (Å²) >= 11 is 11.6. The van der Waals surface area contributed by atoms with Crippen LogP contribution in [0.2, 0.25) is 0 Å². The molecule has 2 unspecified atom stereocenters. The van der Waals surface area contributed by atoms with Gasteiger partial charge in [0, 0.05) is 5.92 Å². The average Bonchev–Trinajstić information content (AvgIpc) is 3.12. The van der Waals surface area contributed by atoms with Gasteiger partial charge in [0.15, 0.2) is 0 Å². The number of nitrogens with zero attached hydrogens (tertiary/aromatic N) is 1. The molecular weight excluding hydrogens is 397 g/mol. The Labute approximate surface area is 174 Å². The van der Waals surface area contributed by atoms with Crippen molar-refractivity contribution in [3.63, 3.8) is 0 Å². The Bertz CT molecular complexity index is 961. The Morgan fingerprint density at radius 3 is 2.39 bits per heavy atom. The number of para-hydroxylation sites is 1. The van der Waals surface area contributed by atoms with Crippen LogP contribution in [0.3, 0.4) is 0 Å².